The van der Waals surface area contributed by atoms with Crippen molar-refractivity contribution in [2.75, 3.05) is 20.1 Å². The summed E-state index contributed by atoms with van der Waals surface area (Å²) in [4.78, 5) is 12.5. The molecule has 0 amide bonds. The van der Waals surface area contributed by atoms with Crippen LogP contribution in [0.1, 0.15) is 16.8 Å². The molecule has 1 aliphatic rings. The Hall–Kier alpha value is -1.61. The summed E-state index contributed by atoms with van der Waals surface area (Å²) in [6.07, 6.45) is 5.68. The van der Waals surface area contributed by atoms with Gasteiger partial charge in [0.25, 0.3) is 0 Å². The van der Waals surface area contributed by atoms with Gasteiger partial charge in [0.05, 0.1) is 5.56 Å². The van der Waals surface area contributed by atoms with Gasteiger partial charge in [0.2, 0.25) is 0 Å². The number of aromatic carboxylic acids is 1. The lowest BCUT2D eigenvalue weighted by Crippen LogP contribution is -2.21. The number of rotatable bonds is 1. The van der Waals surface area contributed by atoms with Crippen LogP contribution < -0.4 is 0 Å². The lowest BCUT2D eigenvalue weighted by atomic mass is 10.2. The average Bonchev–Trinajstić information content (AvgIpc) is 2.32. The highest BCUT2D eigenvalue weighted by Crippen LogP contribution is 1.96. The zero-order valence-electron chi connectivity index (χ0n) is 9.47. The van der Waals surface area contributed by atoms with Gasteiger partial charge in [-0.3, -0.25) is 0 Å². The van der Waals surface area contributed by atoms with Crippen molar-refractivity contribution in [3.63, 3.8) is 0 Å². The van der Waals surface area contributed by atoms with Crippen LogP contribution in [0.4, 0.5) is 0 Å². The van der Waals surface area contributed by atoms with E-state index in [1.54, 1.807) is 30.3 Å². The predicted molar refractivity (Wildman–Crippen MR) is 64.7 cm³/mol. The van der Waals surface area contributed by atoms with Gasteiger partial charge in [-0.15, -0.1) is 0 Å². The first kappa shape index (κ1) is 12.5. The van der Waals surface area contributed by atoms with E-state index in [2.05, 4.69) is 24.1 Å². The Morgan fingerprint density at radius 1 is 1.25 bits per heavy atom. The van der Waals surface area contributed by atoms with Crippen molar-refractivity contribution in [2.24, 2.45) is 0 Å². The van der Waals surface area contributed by atoms with Crippen molar-refractivity contribution in [3.05, 3.63) is 48.0 Å². The maximum absolute atomic E-state index is 10.2. The van der Waals surface area contributed by atoms with Gasteiger partial charge in [0.1, 0.15) is 0 Å². The number of likely N-dealkylation sites (N-methyl/N-ethyl adjacent to an activating group) is 1. The molecule has 86 valence electrons. The van der Waals surface area contributed by atoms with Crippen LogP contribution >= 0.6 is 0 Å². The number of hydrogen-bond donors (Lipinski definition) is 1. The number of nitrogens with zero attached hydrogens (tertiary/aromatic N) is 1. The average molecular weight is 219 g/mol. The summed E-state index contributed by atoms with van der Waals surface area (Å²) in [6.45, 7) is 2.37. The summed E-state index contributed by atoms with van der Waals surface area (Å²) in [6, 6.07) is 8.30. The first-order chi connectivity index (χ1) is 7.70. The van der Waals surface area contributed by atoms with Crippen molar-refractivity contribution < 1.29 is 9.90 Å². The maximum Gasteiger partial charge on any atom is 0.335 e. The minimum atomic E-state index is -0.879. The fourth-order valence-corrected chi connectivity index (χ4v) is 1.34. The predicted octanol–water partition coefficient (Wildman–Crippen LogP) is 2.26. The van der Waals surface area contributed by atoms with Crippen molar-refractivity contribution in [3.8, 4) is 0 Å². The lowest BCUT2D eigenvalue weighted by Gasteiger charge is -2.15. The Kier molecular flexibility index (Phi) is 5.29. The molecule has 1 aliphatic heterocycles. The SMILES string of the molecule is CN1CC=CCC1.O=C(O)c1ccccc1. The molecule has 1 aromatic rings. The summed E-state index contributed by atoms with van der Waals surface area (Å²) in [5.41, 5.74) is 0.331. The van der Waals surface area contributed by atoms with Crippen LogP contribution in [0, 0.1) is 0 Å². The van der Waals surface area contributed by atoms with Crippen LogP contribution in [0.2, 0.25) is 0 Å². The summed E-state index contributed by atoms with van der Waals surface area (Å²) < 4.78 is 0. The zero-order chi connectivity index (χ0) is 11.8. The van der Waals surface area contributed by atoms with E-state index < -0.39 is 5.97 Å². The van der Waals surface area contributed by atoms with E-state index in [1.807, 2.05) is 0 Å². The molecule has 3 heteroatoms. The molecule has 0 saturated carbocycles. The van der Waals surface area contributed by atoms with Crippen molar-refractivity contribution in [1.82, 2.24) is 4.90 Å². The Balaban J connectivity index is 0.000000165. The summed E-state index contributed by atoms with van der Waals surface area (Å²) in [5, 5.41) is 8.38. The Morgan fingerprint density at radius 2 is 1.94 bits per heavy atom. The van der Waals surface area contributed by atoms with Gasteiger partial charge >= 0.3 is 5.97 Å². The van der Waals surface area contributed by atoms with Gasteiger partial charge in [-0.1, -0.05) is 30.4 Å². The standard InChI is InChI=1S/C7H6O2.C6H11N/c8-7(9)6-4-2-1-3-5-6;1-7-5-3-2-4-6-7/h1-5H,(H,8,9);2-3H,4-6H2,1H3. The van der Waals surface area contributed by atoms with Crippen LogP contribution in [0.3, 0.4) is 0 Å². The van der Waals surface area contributed by atoms with Crippen molar-refractivity contribution >= 4 is 5.97 Å². The monoisotopic (exact) mass is 219 g/mol. The van der Waals surface area contributed by atoms with E-state index in [4.69, 9.17) is 5.11 Å². The number of carboxylic acid groups (broad SMARTS) is 1. The highest BCUT2D eigenvalue weighted by atomic mass is 16.4. The third-order valence-electron chi connectivity index (χ3n) is 2.28. The molecule has 1 N–H and O–H groups in total. The quantitative estimate of drug-likeness (QED) is 0.736. The smallest absolute Gasteiger partial charge is 0.335 e. The Bertz CT molecular complexity index is 346. The number of carboxylic acids is 1. The second-order valence-electron chi connectivity index (χ2n) is 3.69. The van der Waals surface area contributed by atoms with Crippen LogP contribution in [0.25, 0.3) is 0 Å². The van der Waals surface area contributed by atoms with Gasteiger partial charge in [0.15, 0.2) is 0 Å². The summed E-state index contributed by atoms with van der Waals surface area (Å²) >= 11 is 0. The molecule has 2 rings (SSSR count). The highest BCUT2D eigenvalue weighted by molar-refractivity contribution is 5.87. The first-order valence-corrected chi connectivity index (χ1v) is 5.32. The molecule has 0 spiro atoms. The van der Waals surface area contributed by atoms with Crippen LogP contribution in [-0.4, -0.2) is 36.1 Å². The normalized spacial score (nSPS) is 15.1. The third kappa shape index (κ3) is 4.75. The number of benzene rings is 1. The van der Waals surface area contributed by atoms with E-state index in [-0.39, 0.29) is 0 Å². The molecule has 0 atom stereocenters. The molecule has 0 fully saturated rings. The van der Waals surface area contributed by atoms with E-state index in [0.717, 1.165) is 6.54 Å². The first-order valence-electron chi connectivity index (χ1n) is 5.32. The second-order valence-corrected chi connectivity index (χ2v) is 3.69. The Labute approximate surface area is 96.0 Å². The molecule has 0 radical (unpaired) electrons. The second kappa shape index (κ2) is 6.80. The maximum atomic E-state index is 10.2. The molecule has 0 unspecified atom stereocenters. The molecule has 1 heterocycles. The zero-order valence-corrected chi connectivity index (χ0v) is 9.47. The van der Waals surface area contributed by atoms with Crippen LogP contribution in [-0.2, 0) is 0 Å². The van der Waals surface area contributed by atoms with E-state index in [0.29, 0.717) is 5.56 Å². The van der Waals surface area contributed by atoms with Gasteiger partial charge in [-0.05, 0) is 25.6 Å². The fraction of sp³-hybridized carbons (Fsp3) is 0.308. The fourth-order valence-electron chi connectivity index (χ4n) is 1.34. The number of hydrogen-bond acceptors (Lipinski definition) is 2. The van der Waals surface area contributed by atoms with E-state index >= 15 is 0 Å². The van der Waals surface area contributed by atoms with Crippen LogP contribution in [0.15, 0.2) is 42.5 Å². The Morgan fingerprint density at radius 3 is 2.25 bits per heavy atom. The summed E-state index contributed by atoms with van der Waals surface area (Å²) in [7, 11) is 2.14. The molecule has 0 aliphatic carbocycles. The van der Waals surface area contributed by atoms with E-state index in [9.17, 15) is 4.79 Å². The highest BCUT2D eigenvalue weighted by Gasteiger charge is 1.96. The van der Waals surface area contributed by atoms with Crippen molar-refractivity contribution in [2.45, 2.75) is 6.42 Å². The molecule has 16 heavy (non-hydrogen) atoms. The molecule has 3 nitrogen and oxygen atoms in total. The molecular weight excluding hydrogens is 202 g/mol. The van der Waals surface area contributed by atoms with Gasteiger partial charge in [-0.2, -0.15) is 0 Å². The van der Waals surface area contributed by atoms with Crippen molar-refractivity contribution in [1.29, 1.82) is 0 Å². The molecular formula is C13H17NO2. The minimum Gasteiger partial charge on any atom is -0.478 e. The molecule has 0 aromatic heterocycles. The van der Waals surface area contributed by atoms with Crippen LogP contribution in [0.5, 0.6) is 0 Å². The molecule has 0 saturated heterocycles. The number of carbonyl (C=O) groups is 1. The summed E-state index contributed by atoms with van der Waals surface area (Å²) in [5.74, 6) is -0.879. The third-order valence-corrected chi connectivity index (χ3v) is 2.28. The van der Waals surface area contributed by atoms with E-state index in [1.165, 1.54) is 13.0 Å². The van der Waals surface area contributed by atoms with Gasteiger partial charge < -0.3 is 10.0 Å². The van der Waals surface area contributed by atoms with Gasteiger partial charge in [0, 0.05) is 13.1 Å². The largest absolute Gasteiger partial charge is 0.478 e. The molecule has 1 aromatic carbocycles. The minimum absolute atomic E-state index is 0.331. The molecule has 0 bridgehead atoms. The topological polar surface area (TPSA) is 40.5 Å². The lowest BCUT2D eigenvalue weighted by molar-refractivity contribution is 0.0697. The van der Waals surface area contributed by atoms with Gasteiger partial charge in [-0.25, -0.2) is 4.79 Å².